The maximum Gasteiger partial charge on any atom is 0.418 e. The van der Waals surface area contributed by atoms with Crippen molar-refractivity contribution in [3.05, 3.63) is 69.3 Å². The second-order valence-electron chi connectivity index (χ2n) is 8.87. The minimum absolute atomic E-state index is 0.0407. The zero-order valence-corrected chi connectivity index (χ0v) is 21.3. The van der Waals surface area contributed by atoms with E-state index < -0.39 is 29.0 Å². The van der Waals surface area contributed by atoms with Gasteiger partial charge < -0.3 is 18.9 Å². The lowest BCUT2D eigenvalue weighted by molar-refractivity contribution is 0.210. The third-order valence-electron chi connectivity index (χ3n) is 6.11. The molecule has 2 aromatic heterocycles. The molecule has 0 saturated heterocycles. The predicted octanol–water partition coefficient (Wildman–Crippen LogP) is 3.46. The maximum absolute atomic E-state index is 14.9. The molecular formula is C26H24FN5O7. The molecule has 1 saturated carbocycles. The Labute approximate surface area is 220 Å². The second kappa shape index (κ2) is 10.4. The number of aromatic nitrogens is 4. The molecule has 1 fully saturated rings. The van der Waals surface area contributed by atoms with Crippen molar-refractivity contribution in [2.45, 2.75) is 19.4 Å². The third kappa shape index (κ3) is 5.37. The minimum Gasteiger partial charge on any atom is -0.493 e. The number of pyridine rings is 1. The summed E-state index contributed by atoms with van der Waals surface area (Å²) in [5, 5.41) is 6.65. The van der Waals surface area contributed by atoms with Crippen LogP contribution in [0.15, 0.2) is 52.2 Å². The fourth-order valence-electron chi connectivity index (χ4n) is 3.93. The average Bonchev–Trinajstić information content (AvgIpc) is 3.75. The molecule has 12 nitrogen and oxygen atoms in total. The smallest absolute Gasteiger partial charge is 0.418 e. The van der Waals surface area contributed by atoms with Gasteiger partial charge in [0.05, 0.1) is 19.7 Å². The summed E-state index contributed by atoms with van der Waals surface area (Å²) in [6.45, 7) is 0.228. The van der Waals surface area contributed by atoms with Crippen LogP contribution in [-0.2, 0) is 13.6 Å². The van der Waals surface area contributed by atoms with E-state index in [2.05, 4.69) is 15.4 Å². The molecule has 0 unspecified atom stereocenters. The highest BCUT2D eigenvalue weighted by Crippen LogP contribution is 2.37. The summed E-state index contributed by atoms with van der Waals surface area (Å²) in [6.07, 6.45) is 2.27. The minimum atomic E-state index is -1.08. The monoisotopic (exact) mass is 537 g/mol. The van der Waals surface area contributed by atoms with E-state index >= 15 is 0 Å². The number of fused-ring (bicyclic) bond motifs is 1. The SMILES string of the molecule is COc1cc2nccc(Oc3ccc(NC(=O)Oc4nn(C)c(=O)n(CC5CC5)c4=O)cc3F)c2cc1OC. The highest BCUT2D eigenvalue weighted by atomic mass is 19.1. The van der Waals surface area contributed by atoms with E-state index in [9.17, 15) is 18.8 Å². The number of methoxy groups -OCH3 is 2. The molecule has 4 aromatic rings. The van der Waals surface area contributed by atoms with E-state index in [0.717, 1.165) is 28.2 Å². The molecule has 1 amide bonds. The Bertz CT molecular complexity index is 1700. The number of ether oxygens (including phenoxy) is 4. The van der Waals surface area contributed by atoms with Gasteiger partial charge in [0.1, 0.15) is 5.75 Å². The number of nitrogens with one attached hydrogen (secondary N) is 1. The molecule has 2 aromatic carbocycles. The molecule has 0 atom stereocenters. The summed E-state index contributed by atoms with van der Waals surface area (Å²) in [7, 11) is 4.35. The van der Waals surface area contributed by atoms with Crippen LogP contribution in [0.3, 0.4) is 0 Å². The molecule has 202 valence electrons. The van der Waals surface area contributed by atoms with Crippen LogP contribution in [0.1, 0.15) is 12.8 Å². The molecule has 0 radical (unpaired) electrons. The van der Waals surface area contributed by atoms with Gasteiger partial charge in [-0.2, -0.15) is 0 Å². The molecule has 0 bridgehead atoms. The molecule has 0 spiro atoms. The summed E-state index contributed by atoms with van der Waals surface area (Å²) in [6, 6.07) is 8.68. The van der Waals surface area contributed by atoms with Crippen molar-refractivity contribution in [2.24, 2.45) is 13.0 Å². The van der Waals surface area contributed by atoms with Crippen LogP contribution in [0.4, 0.5) is 14.9 Å². The molecule has 1 aliphatic rings. The van der Waals surface area contributed by atoms with Crippen molar-refractivity contribution in [1.82, 2.24) is 19.3 Å². The van der Waals surface area contributed by atoms with E-state index in [1.807, 2.05) is 0 Å². The van der Waals surface area contributed by atoms with E-state index in [-0.39, 0.29) is 23.9 Å². The van der Waals surface area contributed by atoms with Crippen LogP contribution in [0, 0.1) is 11.7 Å². The van der Waals surface area contributed by atoms with E-state index in [1.54, 1.807) is 18.2 Å². The Kier molecular flexibility index (Phi) is 6.88. The molecule has 0 aliphatic heterocycles. The van der Waals surface area contributed by atoms with Crippen molar-refractivity contribution < 1.29 is 28.1 Å². The van der Waals surface area contributed by atoms with Gasteiger partial charge in [0.25, 0.3) is 0 Å². The zero-order chi connectivity index (χ0) is 27.7. The molecule has 13 heteroatoms. The normalized spacial score (nSPS) is 12.7. The van der Waals surface area contributed by atoms with Gasteiger partial charge in [0, 0.05) is 43.0 Å². The number of hydrogen-bond donors (Lipinski definition) is 1. The van der Waals surface area contributed by atoms with Crippen LogP contribution in [-0.4, -0.2) is 39.6 Å². The van der Waals surface area contributed by atoms with Crippen LogP contribution in [0.25, 0.3) is 10.9 Å². The Hall–Kier alpha value is -4.94. The van der Waals surface area contributed by atoms with Gasteiger partial charge in [0.2, 0.25) is 0 Å². The van der Waals surface area contributed by atoms with Crippen LogP contribution < -0.4 is 35.5 Å². The van der Waals surface area contributed by atoms with Gasteiger partial charge in [-0.25, -0.2) is 18.7 Å². The van der Waals surface area contributed by atoms with Crippen LogP contribution in [0.2, 0.25) is 0 Å². The number of rotatable bonds is 8. The summed E-state index contributed by atoms with van der Waals surface area (Å²) >= 11 is 0. The van der Waals surface area contributed by atoms with Gasteiger partial charge >= 0.3 is 23.2 Å². The lowest BCUT2D eigenvalue weighted by Gasteiger charge is -2.13. The fourth-order valence-corrected chi connectivity index (χ4v) is 3.93. The van der Waals surface area contributed by atoms with Gasteiger partial charge in [-0.1, -0.05) is 0 Å². The number of anilines is 1. The van der Waals surface area contributed by atoms with Gasteiger partial charge in [-0.3, -0.25) is 19.7 Å². The molecule has 1 aliphatic carbocycles. The summed E-state index contributed by atoms with van der Waals surface area (Å²) in [4.78, 5) is 41.6. The molecule has 39 heavy (non-hydrogen) atoms. The van der Waals surface area contributed by atoms with Crippen molar-refractivity contribution >= 4 is 22.7 Å². The first kappa shape index (κ1) is 25.7. The molecule has 2 heterocycles. The Morgan fingerprint density at radius 2 is 1.79 bits per heavy atom. The Morgan fingerprint density at radius 1 is 1.05 bits per heavy atom. The standard InChI is InChI=1S/C26H24FN5O7/c1-31-26(35)32(13-14-4-5-14)24(33)23(30-31)39-25(34)29-15-6-7-20(17(27)10-15)38-19-8-9-28-18-12-22(37-3)21(36-2)11-16(18)19/h6-12,14H,4-5,13H2,1-3H3,(H,29,34). The number of carbonyl (C=O) groups excluding carboxylic acids is 1. The lowest BCUT2D eigenvalue weighted by atomic mass is 10.2. The number of benzene rings is 2. The van der Waals surface area contributed by atoms with Gasteiger partial charge in [-0.05, 0) is 43.0 Å². The zero-order valence-electron chi connectivity index (χ0n) is 21.3. The number of hydrogen-bond acceptors (Lipinski definition) is 9. The molecule has 1 N–H and O–H groups in total. The average molecular weight is 538 g/mol. The first-order valence-electron chi connectivity index (χ1n) is 11.9. The second-order valence-corrected chi connectivity index (χ2v) is 8.87. The first-order chi connectivity index (χ1) is 18.8. The number of nitrogens with zero attached hydrogens (tertiary/aromatic N) is 4. The van der Waals surface area contributed by atoms with Crippen molar-refractivity contribution in [1.29, 1.82) is 0 Å². The first-order valence-corrected chi connectivity index (χ1v) is 11.9. The highest BCUT2D eigenvalue weighted by Gasteiger charge is 2.25. The van der Waals surface area contributed by atoms with Crippen molar-refractivity contribution in [3.8, 4) is 28.9 Å². The topological polar surface area (TPSA) is 136 Å². The lowest BCUT2D eigenvalue weighted by Crippen LogP contribution is -2.42. The Morgan fingerprint density at radius 3 is 2.49 bits per heavy atom. The van der Waals surface area contributed by atoms with Gasteiger partial charge in [-0.15, -0.1) is 5.10 Å². The number of carbonyl (C=O) groups is 1. The summed E-state index contributed by atoms with van der Waals surface area (Å²) < 4.78 is 38.3. The van der Waals surface area contributed by atoms with E-state index in [0.29, 0.717) is 28.2 Å². The van der Waals surface area contributed by atoms with E-state index in [4.69, 9.17) is 18.9 Å². The number of amides is 1. The largest absolute Gasteiger partial charge is 0.493 e. The third-order valence-corrected chi connectivity index (χ3v) is 6.11. The molecular weight excluding hydrogens is 513 g/mol. The molecule has 5 rings (SSSR count). The van der Waals surface area contributed by atoms with E-state index in [1.165, 1.54) is 39.6 Å². The van der Waals surface area contributed by atoms with Crippen molar-refractivity contribution in [3.63, 3.8) is 0 Å². The quantitative estimate of drug-likeness (QED) is 0.358. The maximum atomic E-state index is 14.9. The van der Waals surface area contributed by atoms with Crippen LogP contribution >= 0.6 is 0 Å². The summed E-state index contributed by atoms with van der Waals surface area (Å²) in [5.41, 5.74) is -0.820. The van der Waals surface area contributed by atoms with Crippen molar-refractivity contribution in [2.75, 3.05) is 19.5 Å². The highest BCUT2D eigenvalue weighted by molar-refractivity contribution is 5.88. The predicted molar refractivity (Wildman–Crippen MR) is 137 cm³/mol. The van der Waals surface area contributed by atoms with Crippen LogP contribution in [0.5, 0.6) is 28.9 Å². The Balaban J connectivity index is 1.33. The summed E-state index contributed by atoms with van der Waals surface area (Å²) in [5.74, 6) is 0.0457. The number of aryl methyl sites for hydroxylation is 1. The fraction of sp³-hybridized carbons (Fsp3) is 0.269. The van der Waals surface area contributed by atoms with Gasteiger partial charge in [0.15, 0.2) is 23.1 Å². The number of halogens is 1.